The number of rotatable bonds is 0. The van der Waals surface area contributed by atoms with Crippen LogP contribution in [0.4, 0.5) is 5.69 Å². The number of aryl methyl sites for hydroxylation is 1. The van der Waals surface area contributed by atoms with E-state index in [1.165, 1.54) is 0 Å². The molecule has 1 rings (SSSR count). The topological polar surface area (TPSA) is 26.0 Å². The second kappa shape index (κ2) is 2.45. The summed E-state index contributed by atoms with van der Waals surface area (Å²) in [4.78, 5) is 0. The third-order valence-corrected chi connectivity index (χ3v) is 1.36. The SMILES string of the molecule is C#Cc1ccc(C)cc1N. The third kappa shape index (κ3) is 1.11. The second-order valence-corrected chi connectivity index (χ2v) is 2.24. The largest absolute Gasteiger partial charge is 0.398 e. The molecule has 1 heteroatoms. The van der Waals surface area contributed by atoms with Crippen molar-refractivity contribution in [2.75, 3.05) is 5.73 Å². The zero-order chi connectivity index (χ0) is 7.56. The molecule has 50 valence electrons. The Balaban J connectivity index is 3.23. The summed E-state index contributed by atoms with van der Waals surface area (Å²) in [5.74, 6) is 2.50. The quantitative estimate of drug-likeness (QED) is 0.419. The van der Waals surface area contributed by atoms with Crippen molar-refractivity contribution in [3.63, 3.8) is 0 Å². The van der Waals surface area contributed by atoms with E-state index in [1.807, 2.05) is 25.1 Å². The summed E-state index contributed by atoms with van der Waals surface area (Å²) in [5, 5.41) is 0. The molecule has 1 nitrogen and oxygen atoms in total. The molecule has 0 spiro atoms. The van der Waals surface area contributed by atoms with Crippen LogP contribution in [0.3, 0.4) is 0 Å². The monoisotopic (exact) mass is 131 g/mol. The van der Waals surface area contributed by atoms with Crippen molar-refractivity contribution in [1.82, 2.24) is 0 Å². The Labute approximate surface area is 60.9 Å². The molecule has 0 aliphatic heterocycles. The molecule has 0 saturated carbocycles. The van der Waals surface area contributed by atoms with Crippen molar-refractivity contribution in [3.8, 4) is 12.3 Å². The van der Waals surface area contributed by atoms with E-state index < -0.39 is 0 Å². The van der Waals surface area contributed by atoms with Gasteiger partial charge in [0.15, 0.2) is 0 Å². The van der Waals surface area contributed by atoms with Gasteiger partial charge in [-0.2, -0.15) is 0 Å². The molecular weight excluding hydrogens is 122 g/mol. The van der Waals surface area contributed by atoms with Crippen LogP contribution in [0.15, 0.2) is 18.2 Å². The highest BCUT2D eigenvalue weighted by Gasteiger charge is 1.92. The molecule has 0 aliphatic carbocycles. The molecule has 0 unspecified atom stereocenters. The molecule has 10 heavy (non-hydrogen) atoms. The molecule has 0 aliphatic rings. The summed E-state index contributed by atoms with van der Waals surface area (Å²) < 4.78 is 0. The Bertz CT molecular complexity index is 281. The Kier molecular flexibility index (Phi) is 1.64. The maximum Gasteiger partial charge on any atom is 0.0475 e. The Morgan fingerprint density at radius 2 is 2.20 bits per heavy atom. The van der Waals surface area contributed by atoms with E-state index in [0.29, 0.717) is 5.69 Å². The number of benzene rings is 1. The first-order valence-corrected chi connectivity index (χ1v) is 3.07. The molecule has 1 aromatic carbocycles. The third-order valence-electron chi connectivity index (χ3n) is 1.36. The minimum absolute atomic E-state index is 0.683. The summed E-state index contributed by atoms with van der Waals surface area (Å²) in [6.07, 6.45) is 5.17. The van der Waals surface area contributed by atoms with Crippen molar-refractivity contribution in [1.29, 1.82) is 0 Å². The van der Waals surface area contributed by atoms with Crippen LogP contribution in [0.25, 0.3) is 0 Å². The summed E-state index contributed by atoms with van der Waals surface area (Å²) in [5.41, 5.74) is 8.18. The van der Waals surface area contributed by atoms with Crippen LogP contribution >= 0.6 is 0 Å². The molecular formula is C9H9N. The van der Waals surface area contributed by atoms with E-state index >= 15 is 0 Å². The minimum atomic E-state index is 0.683. The number of hydrogen-bond donors (Lipinski definition) is 1. The molecule has 0 atom stereocenters. The molecule has 0 heterocycles. The molecule has 0 fully saturated rings. The Morgan fingerprint density at radius 1 is 1.50 bits per heavy atom. The lowest BCUT2D eigenvalue weighted by molar-refractivity contribution is 1.46. The normalized spacial score (nSPS) is 8.80. The Hall–Kier alpha value is -1.42. The van der Waals surface area contributed by atoms with Crippen LogP contribution in [-0.4, -0.2) is 0 Å². The van der Waals surface area contributed by atoms with Crippen molar-refractivity contribution >= 4 is 5.69 Å². The van der Waals surface area contributed by atoms with E-state index in [0.717, 1.165) is 11.1 Å². The molecule has 2 N–H and O–H groups in total. The summed E-state index contributed by atoms with van der Waals surface area (Å²) in [6.45, 7) is 1.98. The first-order chi connectivity index (χ1) is 4.74. The van der Waals surface area contributed by atoms with Crippen LogP contribution in [0, 0.1) is 19.3 Å². The fourth-order valence-corrected chi connectivity index (χ4v) is 0.814. The lowest BCUT2D eigenvalue weighted by Crippen LogP contribution is -1.89. The highest BCUT2D eigenvalue weighted by molar-refractivity contribution is 5.56. The number of terminal acetylenes is 1. The molecule has 0 radical (unpaired) electrons. The van der Waals surface area contributed by atoms with Crippen LogP contribution in [0.2, 0.25) is 0 Å². The average molecular weight is 131 g/mol. The van der Waals surface area contributed by atoms with Crippen LogP contribution in [-0.2, 0) is 0 Å². The van der Waals surface area contributed by atoms with Crippen molar-refractivity contribution in [3.05, 3.63) is 29.3 Å². The van der Waals surface area contributed by atoms with Gasteiger partial charge >= 0.3 is 0 Å². The summed E-state index contributed by atoms with van der Waals surface area (Å²) in [6, 6.07) is 5.67. The van der Waals surface area contributed by atoms with Gasteiger partial charge < -0.3 is 5.73 Å². The Morgan fingerprint density at radius 3 is 2.70 bits per heavy atom. The van der Waals surface area contributed by atoms with Gasteiger partial charge in [0, 0.05) is 11.3 Å². The van der Waals surface area contributed by atoms with Gasteiger partial charge in [-0.25, -0.2) is 0 Å². The van der Waals surface area contributed by atoms with E-state index in [1.54, 1.807) is 0 Å². The fourth-order valence-electron chi connectivity index (χ4n) is 0.814. The number of nitrogens with two attached hydrogens (primary N) is 1. The zero-order valence-electron chi connectivity index (χ0n) is 5.89. The maximum atomic E-state index is 5.59. The zero-order valence-corrected chi connectivity index (χ0v) is 5.89. The van der Waals surface area contributed by atoms with Crippen LogP contribution < -0.4 is 5.73 Å². The van der Waals surface area contributed by atoms with Gasteiger partial charge in [-0.1, -0.05) is 12.0 Å². The first kappa shape index (κ1) is 6.70. The van der Waals surface area contributed by atoms with Gasteiger partial charge in [-0.3, -0.25) is 0 Å². The average Bonchev–Trinajstić information content (AvgIpc) is 1.88. The molecule has 0 aromatic heterocycles. The number of anilines is 1. The van der Waals surface area contributed by atoms with Crippen molar-refractivity contribution < 1.29 is 0 Å². The smallest absolute Gasteiger partial charge is 0.0475 e. The van der Waals surface area contributed by atoms with Gasteiger partial charge in [0.2, 0.25) is 0 Å². The molecule has 1 aromatic rings. The second-order valence-electron chi connectivity index (χ2n) is 2.24. The van der Waals surface area contributed by atoms with Gasteiger partial charge in [0.25, 0.3) is 0 Å². The van der Waals surface area contributed by atoms with Gasteiger partial charge in [0.1, 0.15) is 0 Å². The van der Waals surface area contributed by atoms with Crippen molar-refractivity contribution in [2.45, 2.75) is 6.92 Å². The van der Waals surface area contributed by atoms with E-state index in [9.17, 15) is 0 Å². The fraction of sp³-hybridized carbons (Fsp3) is 0.111. The van der Waals surface area contributed by atoms with Crippen LogP contribution in [0.5, 0.6) is 0 Å². The minimum Gasteiger partial charge on any atom is -0.398 e. The van der Waals surface area contributed by atoms with Crippen molar-refractivity contribution in [2.24, 2.45) is 0 Å². The molecule has 0 bridgehead atoms. The highest BCUT2D eigenvalue weighted by atomic mass is 14.5. The number of nitrogen functional groups attached to an aromatic ring is 1. The summed E-state index contributed by atoms with van der Waals surface area (Å²) in [7, 11) is 0. The van der Waals surface area contributed by atoms with Crippen LogP contribution in [0.1, 0.15) is 11.1 Å². The standard InChI is InChI=1S/C9H9N/c1-3-8-5-4-7(2)6-9(8)10/h1,4-6H,10H2,2H3. The van der Waals surface area contributed by atoms with E-state index in [4.69, 9.17) is 12.2 Å². The maximum absolute atomic E-state index is 5.59. The first-order valence-electron chi connectivity index (χ1n) is 3.07. The van der Waals surface area contributed by atoms with Gasteiger partial charge in [0.05, 0.1) is 0 Å². The van der Waals surface area contributed by atoms with E-state index in [2.05, 4.69) is 5.92 Å². The predicted octanol–water partition coefficient (Wildman–Crippen LogP) is 1.56. The number of hydrogen-bond acceptors (Lipinski definition) is 1. The highest BCUT2D eigenvalue weighted by Crippen LogP contribution is 2.11. The van der Waals surface area contributed by atoms with Gasteiger partial charge in [-0.15, -0.1) is 6.42 Å². The lowest BCUT2D eigenvalue weighted by Gasteiger charge is -1.97. The molecule has 0 saturated heterocycles. The lowest BCUT2D eigenvalue weighted by atomic mass is 10.1. The molecule has 0 amide bonds. The van der Waals surface area contributed by atoms with E-state index in [-0.39, 0.29) is 0 Å². The summed E-state index contributed by atoms with van der Waals surface area (Å²) >= 11 is 0. The van der Waals surface area contributed by atoms with Gasteiger partial charge in [-0.05, 0) is 24.6 Å². The predicted molar refractivity (Wildman–Crippen MR) is 43.5 cm³/mol.